The van der Waals surface area contributed by atoms with E-state index >= 15 is 0 Å². The SMILES string of the molecule is CCOC(=O)C1CCCN(c2ncnc(Nc3cc(Cl)ccc3Cl)c2N)C1. The summed E-state index contributed by atoms with van der Waals surface area (Å²) in [4.78, 5) is 22.6. The molecule has 1 fully saturated rings. The Bertz CT molecular complexity index is 833. The van der Waals surface area contributed by atoms with Gasteiger partial charge in [-0.1, -0.05) is 23.2 Å². The molecule has 144 valence electrons. The first kappa shape index (κ1) is 19.5. The van der Waals surface area contributed by atoms with Crippen LogP contribution in [0.3, 0.4) is 0 Å². The van der Waals surface area contributed by atoms with E-state index in [9.17, 15) is 4.79 Å². The van der Waals surface area contributed by atoms with E-state index in [-0.39, 0.29) is 11.9 Å². The molecule has 1 unspecified atom stereocenters. The molecule has 3 N–H and O–H groups in total. The summed E-state index contributed by atoms with van der Waals surface area (Å²) in [6, 6.07) is 5.09. The van der Waals surface area contributed by atoms with Crippen LogP contribution >= 0.6 is 23.2 Å². The first-order valence-electron chi connectivity index (χ1n) is 8.73. The van der Waals surface area contributed by atoms with Crippen LogP contribution in [0.4, 0.5) is 23.0 Å². The van der Waals surface area contributed by atoms with Gasteiger partial charge in [-0.2, -0.15) is 0 Å². The molecule has 1 saturated heterocycles. The molecule has 1 aromatic heterocycles. The van der Waals surface area contributed by atoms with Crippen molar-refractivity contribution >= 4 is 52.2 Å². The van der Waals surface area contributed by atoms with Gasteiger partial charge in [0.15, 0.2) is 11.6 Å². The van der Waals surface area contributed by atoms with Crippen LogP contribution in [0, 0.1) is 5.92 Å². The van der Waals surface area contributed by atoms with Crippen molar-refractivity contribution in [2.45, 2.75) is 19.8 Å². The van der Waals surface area contributed by atoms with Gasteiger partial charge in [-0.3, -0.25) is 4.79 Å². The third-order valence-corrected chi connectivity index (χ3v) is 4.95. The zero-order valence-corrected chi connectivity index (χ0v) is 16.4. The summed E-state index contributed by atoms with van der Waals surface area (Å²) in [6.45, 7) is 3.45. The quantitative estimate of drug-likeness (QED) is 0.723. The van der Waals surface area contributed by atoms with Crippen molar-refractivity contribution in [1.29, 1.82) is 0 Å². The number of nitrogens with one attached hydrogen (secondary N) is 1. The molecule has 1 aliphatic heterocycles. The largest absolute Gasteiger partial charge is 0.466 e. The van der Waals surface area contributed by atoms with Crippen LogP contribution in [0.5, 0.6) is 0 Å². The zero-order chi connectivity index (χ0) is 19.4. The topological polar surface area (TPSA) is 93.4 Å². The molecule has 27 heavy (non-hydrogen) atoms. The van der Waals surface area contributed by atoms with Gasteiger partial charge in [-0.25, -0.2) is 9.97 Å². The molecular formula is C18H21Cl2N5O2. The number of anilines is 4. The lowest BCUT2D eigenvalue weighted by Crippen LogP contribution is -2.40. The fourth-order valence-corrected chi connectivity index (χ4v) is 3.42. The summed E-state index contributed by atoms with van der Waals surface area (Å²) >= 11 is 12.2. The summed E-state index contributed by atoms with van der Waals surface area (Å²) in [7, 11) is 0. The van der Waals surface area contributed by atoms with E-state index in [1.807, 2.05) is 4.90 Å². The van der Waals surface area contributed by atoms with Gasteiger partial charge in [0.1, 0.15) is 12.0 Å². The maximum Gasteiger partial charge on any atom is 0.310 e. The normalized spacial score (nSPS) is 16.9. The van der Waals surface area contributed by atoms with E-state index in [1.165, 1.54) is 6.33 Å². The highest BCUT2D eigenvalue weighted by Gasteiger charge is 2.29. The number of esters is 1. The standard InChI is InChI=1S/C18H21Cl2N5O2/c1-2-27-18(26)11-4-3-7-25(9-11)17-15(21)16(22-10-23-17)24-14-8-12(19)5-6-13(14)20/h5-6,8,10-11H,2-4,7,9,21H2,1H3,(H,22,23,24). The Morgan fingerprint density at radius 2 is 2.22 bits per heavy atom. The predicted molar refractivity (Wildman–Crippen MR) is 108 cm³/mol. The van der Waals surface area contributed by atoms with Crippen LogP contribution in [0.2, 0.25) is 10.0 Å². The second-order valence-corrected chi connectivity index (χ2v) is 7.09. The van der Waals surface area contributed by atoms with Crippen molar-refractivity contribution in [1.82, 2.24) is 9.97 Å². The van der Waals surface area contributed by atoms with Crippen molar-refractivity contribution in [3.8, 4) is 0 Å². The van der Waals surface area contributed by atoms with Crippen LogP contribution < -0.4 is 16.0 Å². The minimum atomic E-state index is -0.188. The first-order chi connectivity index (χ1) is 13.0. The number of rotatable bonds is 5. The number of halogens is 2. The molecule has 1 atom stereocenters. The average molecular weight is 410 g/mol. The number of aromatic nitrogens is 2. The Labute approximate surface area is 167 Å². The molecule has 1 aromatic carbocycles. The molecule has 0 spiro atoms. The maximum absolute atomic E-state index is 12.1. The van der Waals surface area contributed by atoms with Crippen LogP contribution in [0.15, 0.2) is 24.5 Å². The molecule has 2 heterocycles. The summed E-state index contributed by atoms with van der Waals surface area (Å²) in [5.41, 5.74) is 7.30. The molecule has 9 heteroatoms. The van der Waals surface area contributed by atoms with Crippen molar-refractivity contribution < 1.29 is 9.53 Å². The van der Waals surface area contributed by atoms with Crippen LogP contribution in [0.1, 0.15) is 19.8 Å². The smallest absolute Gasteiger partial charge is 0.310 e. The Morgan fingerprint density at radius 3 is 3.00 bits per heavy atom. The zero-order valence-electron chi connectivity index (χ0n) is 14.9. The summed E-state index contributed by atoms with van der Waals surface area (Å²) in [6.07, 6.45) is 3.08. The fourth-order valence-electron chi connectivity index (χ4n) is 3.08. The van der Waals surface area contributed by atoms with Crippen molar-refractivity contribution in [3.63, 3.8) is 0 Å². The van der Waals surface area contributed by atoms with Gasteiger partial charge in [-0.15, -0.1) is 0 Å². The highest BCUT2D eigenvalue weighted by Crippen LogP contribution is 2.34. The van der Waals surface area contributed by atoms with Crippen molar-refractivity contribution in [3.05, 3.63) is 34.6 Å². The second kappa shape index (κ2) is 8.63. The number of ether oxygens (including phenoxy) is 1. The van der Waals surface area contributed by atoms with E-state index < -0.39 is 0 Å². The number of benzene rings is 1. The predicted octanol–water partition coefficient (Wildman–Crippen LogP) is 3.89. The number of carbonyl (C=O) groups is 1. The van der Waals surface area contributed by atoms with E-state index in [4.69, 9.17) is 33.7 Å². The van der Waals surface area contributed by atoms with E-state index in [1.54, 1.807) is 25.1 Å². The lowest BCUT2D eigenvalue weighted by Gasteiger charge is -2.33. The van der Waals surface area contributed by atoms with Gasteiger partial charge in [0.05, 0.1) is 23.2 Å². The highest BCUT2D eigenvalue weighted by molar-refractivity contribution is 6.35. The van der Waals surface area contributed by atoms with Gasteiger partial charge in [0.25, 0.3) is 0 Å². The molecule has 1 aliphatic rings. The highest BCUT2D eigenvalue weighted by atomic mass is 35.5. The average Bonchev–Trinajstić information content (AvgIpc) is 2.66. The fraction of sp³-hybridized carbons (Fsp3) is 0.389. The Hall–Kier alpha value is -2.25. The van der Waals surface area contributed by atoms with E-state index in [2.05, 4.69) is 15.3 Å². The van der Waals surface area contributed by atoms with Crippen LogP contribution in [-0.4, -0.2) is 35.6 Å². The molecule has 2 aromatic rings. The number of nitrogens with zero attached hydrogens (tertiary/aromatic N) is 3. The monoisotopic (exact) mass is 409 g/mol. The molecule has 0 saturated carbocycles. The number of carbonyl (C=O) groups excluding carboxylic acids is 1. The minimum Gasteiger partial charge on any atom is -0.466 e. The third-order valence-electron chi connectivity index (χ3n) is 4.39. The summed E-state index contributed by atoms with van der Waals surface area (Å²) in [5, 5.41) is 4.15. The molecule has 0 aliphatic carbocycles. The van der Waals surface area contributed by atoms with Gasteiger partial charge >= 0.3 is 5.97 Å². The summed E-state index contributed by atoms with van der Waals surface area (Å²) in [5.74, 6) is 0.646. The van der Waals surface area contributed by atoms with Crippen molar-refractivity contribution in [2.24, 2.45) is 5.92 Å². The number of piperidine rings is 1. The first-order valence-corrected chi connectivity index (χ1v) is 9.49. The number of hydrogen-bond donors (Lipinski definition) is 2. The van der Waals surface area contributed by atoms with Crippen LogP contribution in [0.25, 0.3) is 0 Å². The molecule has 0 bridgehead atoms. The molecule has 0 radical (unpaired) electrons. The lowest BCUT2D eigenvalue weighted by atomic mass is 9.98. The van der Waals surface area contributed by atoms with E-state index in [0.717, 1.165) is 19.4 Å². The lowest BCUT2D eigenvalue weighted by molar-refractivity contribution is -0.148. The third kappa shape index (κ3) is 4.54. The van der Waals surface area contributed by atoms with Gasteiger partial charge in [0.2, 0.25) is 0 Å². The Balaban J connectivity index is 1.82. The van der Waals surface area contributed by atoms with Gasteiger partial charge in [-0.05, 0) is 38.0 Å². The van der Waals surface area contributed by atoms with E-state index in [0.29, 0.717) is 46.2 Å². The van der Waals surface area contributed by atoms with Gasteiger partial charge < -0.3 is 20.7 Å². The Kier molecular flexibility index (Phi) is 6.23. The molecule has 7 nitrogen and oxygen atoms in total. The van der Waals surface area contributed by atoms with Gasteiger partial charge in [0, 0.05) is 18.1 Å². The second-order valence-electron chi connectivity index (χ2n) is 6.25. The molecule has 3 rings (SSSR count). The minimum absolute atomic E-state index is 0.182. The Morgan fingerprint density at radius 1 is 1.41 bits per heavy atom. The van der Waals surface area contributed by atoms with Crippen molar-refractivity contribution in [2.75, 3.05) is 35.6 Å². The number of nitrogen functional groups attached to an aromatic ring is 1. The molecule has 0 amide bonds. The number of hydrogen-bond acceptors (Lipinski definition) is 7. The summed E-state index contributed by atoms with van der Waals surface area (Å²) < 4.78 is 5.15. The van der Waals surface area contributed by atoms with Crippen LogP contribution in [-0.2, 0) is 9.53 Å². The molecular weight excluding hydrogens is 389 g/mol. The number of nitrogens with two attached hydrogens (primary N) is 1. The maximum atomic E-state index is 12.1.